The van der Waals surface area contributed by atoms with E-state index in [0.29, 0.717) is 18.5 Å². The third-order valence-corrected chi connectivity index (χ3v) is 3.44. The normalized spacial score (nSPS) is 12.4. The van der Waals surface area contributed by atoms with Crippen molar-refractivity contribution < 1.29 is 8.78 Å². The van der Waals surface area contributed by atoms with E-state index in [9.17, 15) is 8.78 Å². The van der Waals surface area contributed by atoms with Crippen LogP contribution in [0.25, 0.3) is 0 Å². The first-order valence-electron chi connectivity index (χ1n) is 6.53. The van der Waals surface area contributed by atoms with Crippen molar-refractivity contribution in [3.8, 4) is 0 Å². The molecule has 0 bridgehead atoms. The van der Waals surface area contributed by atoms with E-state index < -0.39 is 11.6 Å². The predicted molar refractivity (Wildman–Crippen MR) is 77.9 cm³/mol. The van der Waals surface area contributed by atoms with Crippen molar-refractivity contribution in [1.29, 1.82) is 0 Å². The van der Waals surface area contributed by atoms with E-state index in [1.165, 1.54) is 6.07 Å². The summed E-state index contributed by atoms with van der Waals surface area (Å²) in [7, 11) is 0. The summed E-state index contributed by atoms with van der Waals surface area (Å²) >= 11 is 5.59. The van der Waals surface area contributed by atoms with Gasteiger partial charge in [-0.1, -0.05) is 48.9 Å². The van der Waals surface area contributed by atoms with Gasteiger partial charge in [-0.3, -0.25) is 0 Å². The highest BCUT2D eigenvalue weighted by atomic mass is 35.5. The van der Waals surface area contributed by atoms with Crippen molar-refractivity contribution in [2.45, 2.75) is 19.4 Å². The molecule has 0 heterocycles. The maximum absolute atomic E-state index is 14.0. The Hall–Kier alpha value is -1.45. The van der Waals surface area contributed by atoms with Crippen LogP contribution in [-0.2, 0) is 6.42 Å². The number of rotatable bonds is 5. The lowest BCUT2D eigenvalue weighted by Gasteiger charge is -2.19. The van der Waals surface area contributed by atoms with E-state index in [4.69, 9.17) is 11.6 Å². The molecule has 0 saturated carbocycles. The summed E-state index contributed by atoms with van der Waals surface area (Å²) in [5, 5.41) is 2.99. The van der Waals surface area contributed by atoms with Gasteiger partial charge in [-0.05, 0) is 30.7 Å². The van der Waals surface area contributed by atoms with Gasteiger partial charge in [0, 0.05) is 11.6 Å². The molecule has 0 saturated heterocycles. The molecule has 1 atom stereocenters. The summed E-state index contributed by atoms with van der Waals surface area (Å²) in [6.07, 6.45) is 0.590. The van der Waals surface area contributed by atoms with Gasteiger partial charge >= 0.3 is 0 Å². The third kappa shape index (κ3) is 3.56. The summed E-state index contributed by atoms with van der Waals surface area (Å²) < 4.78 is 27.6. The van der Waals surface area contributed by atoms with Crippen LogP contribution >= 0.6 is 11.6 Å². The second kappa shape index (κ2) is 6.82. The quantitative estimate of drug-likeness (QED) is 0.800. The maximum Gasteiger partial charge on any atom is 0.142 e. The summed E-state index contributed by atoms with van der Waals surface area (Å²) in [5.41, 5.74) is 1.37. The molecule has 106 valence electrons. The lowest BCUT2D eigenvalue weighted by Crippen LogP contribution is -2.24. The Morgan fingerprint density at radius 1 is 1.10 bits per heavy atom. The van der Waals surface area contributed by atoms with Crippen molar-refractivity contribution in [2.75, 3.05) is 6.54 Å². The van der Waals surface area contributed by atoms with Crippen molar-refractivity contribution in [1.82, 2.24) is 5.32 Å². The van der Waals surface area contributed by atoms with Gasteiger partial charge < -0.3 is 5.32 Å². The maximum atomic E-state index is 14.0. The van der Waals surface area contributed by atoms with Crippen molar-refractivity contribution in [2.24, 2.45) is 0 Å². The average Bonchev–Trinajstić information content (AvgIpc) is 2.44. The van der Waals surface area contributed by atoms with Gasteiger partial charge in [0.25, 0.3) is 0 Å². The Morgan fingerprint density at radius 3 is 2.45 bits per heavy atom. The molecule has 4 heteroatoms. The van der Waals surface area contributed by atoms with Crippen LogP contribution in [0.4, 0.5) is 8.78 Å². The van der Waals surface area contributed by atoms with Gasteiger partial charge in [0.05, 0.1) is 5.02 Å². The van der Waals surface area contributed by atoms with Crippen LogP contribution in [-0.4, -0.2) is 6.54 Å². The first-order valence-corrected chi connectivity index (χ1v) is 6.91. The highest BCUT2D eigenvalue weighted by Gasteiger charge is 2.18. The molecule has 0 aliphatic carbocycles. The lowest BCUT2D eigenvalue weighted by molar-refractivity contribution is 0.502. The third-order valence-electron chi connectivity index (χ3n) is 3.15. The van der Waals surface area contributed by atoms with E-state index in [0.717, 1.165) is 11.6 Å². The number of likely N-dealkylation sites (N-methyl/N-ethyl adjacent to an activating group) is 1. The number of hydrogen-bond acceptors (Lipinski definition) is 1. The highest BCUT2D eigenvalue weighted by molar-refractivity contribution is 6.30. The summed E-state index contributed by atoms with van der Waals surface area (Å²) in [6.45, 7) is 2.60. The molecule has 0 aliphatic rings. The van der Waals surface area contributed by atoms with Crippen molar-refractivity contribution >= 4 is 11.6 Å². The fourth-order valence-electron chi connectivity index (χ4n) is 2.19. The molecule has 2 aromatic rings. The fraction of sp³-hybridized carbons (Fsp3) is 0.250. The number of nitrogens with one attached hydrogen (secondary N) is 1. The Labute approximate surface area is 122 Å². The van der Waals surface area contributed by atoms with Crippen LogP contribution in [0.1, 0.15) is 24.1 Å². The molecule has 2 aromatic carbocycles. The van der Waals surface area contributed by atoms with Gasteiger partial charge in [-0.15, -0.1) is 0 Å². The number of benzene rings is 2. The minimum absolute atomic E-state index is 0.193. The molecule has 0 spiro atoms. The lowest BCUT2D eigenvalue weighted by atomic mass is 9.98. The standard InChI is InChI=1S/C16H16ClF2N/c1-2-20-16(8-11-6-4-3-5-7-11)12-9-15(19)13(17)10-14(12)18/h3-7,9-10,16,20H,2,8H2,1H3. The SMILES string of the molecule is CCNC(Cc1ccccc1)c1cc(F)c(Cl)cc1F. The number of halogens is 3. The minimum Gasteiger partial charge on any atom is -0.310 e. The first-order chi connectivity index (χ1) is 9.61. The zero-order chi connectivity index (χ0) is 14.5. The zero-order valence-corrected chi connectivity index (χ0v) is 11.9. The molecular formula is C16H16ClF2N. The van der Waals surface area contributed by atoms with Crippen LogP contribution in [0.3, 0.4) is 0 Å². The Morgan fingerprint density at radius 2 is 1.80 bits per heavy atom. The molecule has 0 aromatic heterocycles. The van der Waals surface area contributed by atoms with Crippen molar-refractivity contribution in [3.63, 3.8) is 0 Å². The fourth-order valence-corrected chi connectivity index (χ4v) is 2.34. The molecule has 1 nitrogen and oxygen atoms in total. The topological polar surface area (TPSA) is 12.0 Å². The van der Waals surface area contributed by atoms with Crippen LogP contribution in [0.5, 0.6) is 0 Å². The molecule has 2 rings (SSSR count). The molecule has 0 fully saturated rings. The minimum atomic E-state index is -0.598. The van der Waals surface area contributed by atoms with E-state index in [1.54, 1.807) is 0 Å². The second-order valence-electron chi connectivity index (χ2n) is 4.59. The summed E-state index contributed by atoms with van der Waals surface area (Å²) in [6, 6.07) is 11.6. The van der Waals surface area contributed by atoms with Gasteiger partial charge in [0.1, 0.15) is 11.6 Å². The molecule has 0 aliphatic heterocycles. The van der Waals surface area contributed by atoms with Crippen LogP contribution in [0.15, 0.2) is 42.5 Å². The van der Waals surface area contributed by atoms with Gasteiger partial charge in [-0.25, -0.2) is 8.78 Å². The van der Waals surface area contributed by atoms with E-state index in [2.05, 4.69) is 5.32 Å². The van der Waals surface area contributed by atoms with Gasteiger partial charge in [0.15, 0.2) is 0 Å². The smallest absolute Gasteiger partial charge is 0.142 e. The second-order valence-corrected chi connectivity index (χ2v) is 5.00. The van der Waals surface area contributed by atoms with Crippen LogP contribution in [0.2, 0.25) is 5.02 Å². The average molecular weight is 296 g/mol. The summed E-state index contributed by atoms with van der Waals surface area (Å²) in [5.74, 6) is -1.09. The molecular weight excluding hydrogens is 280 g/mol. The highest BCUT2D eigenvalue weighted by Crippen LogP contribution is 2.26. The van der Waals surface area contributed by atoms with Crippen molar-refractivity contribution in [3.05, 3.63) is 70.2 Å². The van der Waals surface area contributed by atoms with Crippen LogP contribution in [0, 0.1) is 11.6 Å². The molecule has 1 N–H and O–H groups in total. The van der Waals surface area contributed by atoms with E-state index >= 15 is 0 Å². The molecule has 0 radical (unpaired) electrons. The zero-order valence-electron chi connectivity index (χ0n) is 11.2. The van der Waals surface area contributed by atoms with E-state index in [1.807, 2.05) is 37.3 Å². The Balaban J connectivity index is 2.31. The van der Waals surface area contributed by atoms with Crippen LogP contribution < -0.4 is 5.32 Å². The monoisotopic (exact) mass is 295 g/mol. The molecule has 0 amide bonds. The van der Waals surface area contributed by atoms with Gasteiger partial charge in [-0.2, -0.15) is 0 Å². The Kier molecular flexibility index (Phi) is 5.10. The largest absolute Gasteiger partial charge is 0.310 e. The summed E-state index contributed by atoms with van der Waals surface area (Å²) in [4.78, 5) is 0. The van der Waals surface area contributed by atoms with Gasteiger partial charge in [0.2, 0.25) is 0 Å². The Bertz CT molecular complexity index is 572. The molecule has 20 heavy (non-hydrogen) atoms. The number of hydrogen-bond donors (Lipinski definition) is 1. The molecule has 1 unspecified atom stereocenters. The predicted octanol–water partition coefficient (Wildman–Crippen LogP) is 4.51. The van der Waals surface area contributed by atoms with E-state index in [-0.39, 0.29) is 11.1 Å². The first kappa shape index (κ1) is 14.9.